The predicted octanol–water partition coefficient (Wildman–Crippen LogP) is 4.68. The highest BCUT2D eigenvalue weighted by atomic mass is 19.4. The van der Waals surface area contributed by atoms with Crippen molar-refractivity contribution in [1.29, 1.82) is 0 Å². The van der Waals surface area contributed by atoms with Crippen LogP contribution in [0.4, 0.5) is 26.3 Å². The molecule has 1 aromatic carbocycles. The molecule has 47 heavy (non-hydrogen) atoms. The molecule has 2 saturated heterocycles. The van der Waals surface area contributed by atoms with Crippen LogP contribution in [-0.2, 0) is 23.9 Å². The van der Waals surface area contributed by atoms with Gasteiger partial charge in [0.25, 0.3) is 0 Å². The number of hydrogen-bond donors (Lipinski definition) is 3. The molecule has 0 aliphatic carbocycles. The highest BCUT2D eigenvalue weighted by molar-refractivity contribution is 5.84. The number of piperidine rings is 1. The van der Waals surface area contributed by atoms with Crippen molar-refractivity contribution in [2.45, 2.75) is 108 Å². The Morgan fingerprint density at radius 2 is 1.47 bits per heavy atom. The van der Waals surface area contributed by atoms with Crippen LogP contribution in [0.15, 0.2) is 24.3 Å². The van der Waals surface area contributed by atoms with Gasteiger partial charge in [-0.3, -0.25) is 14.4 Å². The molecule has 1 unspecified atom stereocenters. The summed E-state index contributed by atoms with van der Waals surface area (Å²) >= 11 is 0. The van der Waals surface area contributed by atoms with E-state index in [1.165, 1.54) is 5.56 Å². The first kappa shape index (κ1) is 38.1. The third-order valence-electron chi connectivity index (χ3n) is 9.06. The Balaban J connectivity index is 1.57. The van der Waals surface area contributed by atoms with Gasteiger partial charge in [-0.05, 0) is 76.8 Å². The Morgan fingerprint density at radius 3 is 2.06 bits per heavy atom. The summed E-state index contributed by atoms with van der Waals surface area (Å²) in [5.74, 6) is -5.08. The number of carbonyl (C=O) groups excluding carboxylic acids is 4. The fourth-order valence-electron chi connectivity index (χ4n) is 6.46. The van der Waals surface area contributed by atoms with Gasteiger partial charge in [-0.2, -0.15) is 26.3 Å². The van der Waals surface area contributed by atoms with Gasteiger partial charge in [-0.25, -0.2) is 4.79 Å². The fourth-order valence-corrected chi connectivity index (χ4v) is 6.46. The average molecular weight is 679 g/mol. The maximum absolute atomic E-state index is 13.4. The van der Waals surface area contributed by atoms with Crippen LogP contribution >= 0.6 is 0 Å². The molecular formula is C32H44F6N4O5. The van der Waals surface area contributed by atoms with E-state index in [1.54, 1.807) is 10.6 Å². The molecular weight excluding hydrogens is 634 g/mol. The molecule has 264 valence electrons. The lowest BCUT2D eigenvalue weighted by Gasteiger charge is -2.43. The Labute approximate surface area is 270 Å². The Hall–Kier alpha value is -3.36. The van der Waals surface area contributed by atoms with E-state index < -0.39 is 42.1 Å². The number of benzene rings is 1. The van der Waals surface area contributed by atoms with E-state index in [-0.39, 0.29) is 76.1 Å². The highest BCUT2D eigenvalue weighted by Gasteiger charge is 2.46. The third kappa shape index (κ3) is 11.7. The van der Waals surface area contributed by atoms with Gasteiger partial charge in [-0.1, -0.05) is 36.2 Å². The fraction of sp³-hybridized carbons (Fsp3) is 0.688. The molecule has 2 aliphatic heterocycles. The number of hydrogen-bond acceptors (Lipinski definition) is 6. The minimum atomic E-state index is -5.01. The van der Waals surface area contributed by atoms with Gasteiger partial charge in [0.2, 0.25) is 5.91 Å². The molecule has 0 saturated carbocycles. The van der Waals surface area contributed by atoms with Gasteiger partial charge in [0.05, 0.1) is 6.61 Å². The number of aryl methyl sites for hydroxylation is 1. The van der Waals surface area contributed by atoms with Crippen molar-refractivity contribution in [3.8, 4) is 0 Å². The SMILES string of the molecule is Cc1ccc([C@H]2C[C@@H]3CC[C@H]([C@H]2COC(=O)C(CCCCNC(=O)C(F)(F)F)NC(=O)CCCCCNC(=O)C(F)(F)F)N3C)cc1. The number of nitrogens with zero attached hydrogens (tertiary/aromatic N) is 1. The van der Waals surface area contributed by atoms with Crippen molar-refractivity contribution in [3.05, 3.63) is 35.4 Å². The first-order valence-corrected chi connectivity index (χ1v) is 16.0. The lowest BCUT2D eigenvalue weighted by Crippen LogP contribution is -2.48. The quantitative estimate of drug-likeness (QED) is 0.133. The number of halogens is 6. The van der Waals surface area contributed by atoms with E-state index in [4.69, 9.17) is 4.74 Å². The van der Waals surface area contributed by atoms with Crippen LogP contribution in [0.25, 0.3) is 0 Å². The number of amides is 3. The van der Waals surface area contributed by atoms with Gasteiger partial charge >= 0.3 is 30.1 Å². The summed E-state index contributed by atoms with van der Waals surface area (Å²) in [5, 5.41) is 6.17. The van der Waals surface area contributed by atoms with Crippen LogP contribution in [0, 0.1) is 12.8 Å². The van der Waals surface area contributed by atoms with E-state index in [0.717, 1.165) is 24.8 Å². The molecule has 2 heterocycles. The Morgan fingerprint density at radius 1 is 0.872 bits per heavy atom. The van der Waals surface area contributed by atoms with E-state index in [1.807, 2.05) is 6.92 Å². The minimum Gasteiger partial charge on any atom is -0.464 e. The summed E-state index contributed by atoms with van der Waals surface area (Å²) in [5.41, 5.74) is 2.31. The zero-order valence-corrected chi connectivity index (χ0v) is 26.6. The lowest BCUT2D eigenvalue weighted by molar-refractivity contribution is -0.173. The smallest absolute Gasteiger partial charge is 0.464 e. The molecule has 2 aliphatic rings. The van der Waals surface area contributed by atoms with Crippen LogP contribution < -0.4 is 16.0 Å². The van der Waals surface area contributed by atoms with Crippen LogP contribution in [0.3, 0.4) is 0 Å². The molecule has 9 nitrogen and oxygen atoms in total. The number of esters is 1. The van der Waals surface area contributed by atoms with Gasteiger partial charge in [0.15, 0.2) is 0 Å². The van der Waals surface area contributed by atoms with Crippen LogP contribution in [0.2, 0.25) is 0 Å². The molecule has 2 bridgehead atoms. The van der Waals surface area contributed by atoms with Crippen molar-refractivity contribution in [2.75, 3.05) is 26.7 Å². The Bertz CT molecular complexity index is 1210. The number of rotatable bonds is 16. The third-order valence-corrected chi connectivity index (χ3v) is 9.06. The summed E-state index contributed by atoms with van der Waals surface area (Å²) < 4.78 is 80.1. The molecule has 2 fully saturated rings. The standard InChI is InChI=1S/C32H44F6N4O5/c1-20-10-12-21(13-11-20)23-18-22-14-15-26(42(22)2)24(23)19-47-28(44)25(8-5-7-17-40-30(46)32(36,37)38)41-27(43)9-4-3-6-16-39-29(45)31(33,34)35/h10-13,22-26H,3-9,14-19H2,1-2H3,(H,39,45)(H,40,46)(H,41,43)/t22-,23+,24-,25?,26+/m0/s1. The van der Waals surface area contributed by atoms with Crippen molar-refractivity contribution in [2.24, 2.45) is 5.92 Å². The van der Waals surface area contributed by atoms with Crippen molar-refractivity contribution < 1.29 is 50.3 Å². The number of ether oxygens (including phenoxy) is 1. The topological polar surface area (TPSA) is 117 Å². The second kappa shape index (κ2) is 17.2. The summed E-state index contributed by atoms with van der Waals surface area (Å²) in [6, 6.07) is 7.87. The molecule has 3 rings (SSSR count). The summed E-state index contributed by atoms with van der Waals surface area (Å²) in [7, 11) is 2.08. The van der Waals surface area contributed by atoms with Crippen molar-refractivity contribution >= 4 is 23.7 Å². The van der Waals surface area contributed by atoms with Gasteiger partial charge in [-0.15, -0.1) is 0 Å². The average Bonchev–Trinajstić information content (AvgIpc) is 3.23. The first-order chi connectivity index (χ1) is 22.1. The van der Waals surface area contributed by atoms with Gasteiger partial charge in [0, 0.05) is 37.5 Å². The lowest BCUT2D eigenvalue weighted by atomic mass is 9.76. The van der Waals surface area contributed by atoms with E-state index in [2.05, 4.69) is 41.5 Å². The molecule has 15 heteroatoms. The first-order valence-electron chi connectivity index (χ1n) is 16.0. The van der Waals surface area contributed by atoms with Crippen LogP contribution in [-0.4, -0.2) is 85.8 Å². The summed E-state index contributed by atoms with van der Waals surface area (Å²) in [6.07, 6.45) is -5.84. The van der Waals surface area contributed by atoms with Gasteiger partial charge < -0.3 is 25.6 Å². The van der Waals surface area contributed by atoms with Crippen LogP contribution in [0.1, 0.15) is 81.3 Å². The summed E-state index contributed by atoms with van der Waals surface area (Å²) in [4.78, 5) is 50.4. The summed E-state index contributed by atoms with van der Waals surface area (Å²) in [6.45, 7) is 1.66. The maximum Gasteiger partial charge on any atom is 0.471 e. The molecule has 1 aromatic rings. The zero-order valence-electron chi connectivity index (χ0n) is 26.6. The zero-order chi connectivity index (χ0) is 34.8. The number of nitrogens with one attached hydrogen (secondary N) is 3. The number of carbonyl (C=O) groups is 4. The number of alkyl halides is 6. The van der Waals surface area contributed by atoms with E-state index in [0.29, 0.717) is 12.5 Å². The second-order valence-corrected chi connectivity index (χ2v) is 12.4. The molecule has 5 atom stereocenters. The van der Waals surface area contributed by atoms with Crippen LogP contribution in [0.5, 0.6) is 0 Å². The molecule has 0 radical (unpaired) electrons. The minimum absolute atomic E-state index is 0.0113. The molecule has 0 aromatic heterocycles. The predicted molar refractivity (Wildman–Crippen MR) is 160 cm³/mol. The number of fused-ring (bicyclic) bond motifs is 2. The highest BCUT2D eigenvalue weighted by Crippen LogP contribution is 2.46. The van der Waals surface area contributed by atoms with Crippen molar-refractivity contribution in [1.82, 2.24) is 20.9 Å². The molecule has 0 spiro atoms. The second-order valence-electron chi connectivity index (χ2n) is 12.4. The van der Waals surface area contributed by atoms with E-state index in [9.17, 15) is 45.5 Å². The van der Waals surface area contributed by atoms with Gasteiger partial charge in [0.1, 0.15) is 6.04 Å². The number of unbranched alkanes of at least 4 members (excludes halogenated alkanes) is 3. The van der Waals surface area contributed by atoms with Crippen molar-refractivity contribution in [3.63, 3.8) is 0 Å². The monoisotopic (exact) mass is 678 g/mol. The largest absolute Gasteiger partial charge is 0.471 e. The normalized spacial score (nSPS) is 22.0. The Kier molecular flexibility index (Phi) is 13.9. The molecule has 3 amide bonds. The van der Waals surface area contributed by atoms with E-state index >= 15 is 0 Å². The maximum atomic E-state index is 13.4. The molecule has 3 N–H and O–H groups in total.